The van der Waals surface area contributed by atoms with Crippen LogP contribution in [-0.2, 0) is 6.42 Å². The highest BCUT2D eigenvalue weighted by Crippen LogP contribution is 2.45. The Bertz CT molecular complexity index is 3190. The molecule has 0 unspecified atom stereocenters. The van der Waals surface area contributed by atoms with Gasteiger partial charge in [-0.15, -0.1) is 0 Å². The maximum absolute atomic E-state index is 2.97. The molecule has 0 saturated heterocycles. The van der Waals surface area contributed by atoms with Crippen LogP contribution in [0.5, 0.6) is 0 Å². The van der Waals surface area contributed by atoms with E-state index < -0.39 is 8.07 Å². The van der Waals surface area contributed by atoms with Crippen molar-refractivity contribution in [1.29, 1.82) is 0 Å². The molecule has 58 heavy (non-hydrogen) atoms. The van der Waals surface area contributed by atoms with E-state index in [0.717, 1.165) is 6.42 Å². The van der Waals surface area contributed by atoms with E-state index in [-0.39, 0.29) is 0 Å². The normalized spacial score (nSPS) is 12.4. The van der Waals surface area contributed by atoms with Gasteiger partial charge >= 0.3 is 0 Å². The van der Waals surface area contributed by atoms with E-state index in [0.29, 0.717) is 0 Å². The van der Waals surface area contributed by atoms with E-state index in [9.17, 15) is 0 Å². The van der Waals surface area contributed by atoms with Gasteiger partial charge in [-0.05, 0) is 85.5 Å². The summed E-state index contributed by atoms with van der Waals surface area (Å²) in [6.07, 6.45) is 0.842. The minimum atomic E-state index is -2.97. The second-order valence-corrected chi connectivity index (χ2v) is 19.4. The van der Waals surface area contributed by atoms with Crippen molar-refractivity contribution >= 4 is 72.4 Å². The number of hydrogen-bond acceptors (Lipinski definition) is 0. The Kier molecular flexibility index (Phi) is 7.35. The largest absolute Gasteiger partial charge is 0.309 e. The maximum atomic E-state index is 2.59. The van der Waals surface area contributed by atoms with Crippen LogP contribution in [-0.4, -0.2) is 17.2 Å². The molecular formula is C55H38N2Si. The number of nitrogens with zero attached hydrogens (tertiary/aromatic N) is 2. The fraction of sp³-hybridized carbons (Fsp3) is 0.0182. The van der Waals surface area contributed by atoms with Gasteiger partial charge in [0.15, 0.2) is 8.07 Å². The quantitative estimate of drug-likeness (QED) is 0.118. The van der Waals surface area contributed by atoms with Gasteiger partial charge in [-0.2, -0.15) is 0 Å². The predicted octanol–water partition coefficient (Wildman–Crippen LogP) is 10.8. The molecule has 11 aromatic rings. The first kappa shape index (κ1) is 33.0. The van der Waals surface area contributed by atoms with Gasteiger partial charge in [0.25, 0.3) is 0 Å². The van der Waals surface area contributed by atoms with E-state index >= 15 is 0 Å². The zero-order valence-corrected chi connectivity index (χ0v) is 32.9. The van der Waals surface area contributed by atoms with E-state index in [1.807, 2.05) is 0 Å². The molecular weight excluding hydrogens is 717 g/mol. The van der Waals surface area contributed by atoms with Crippen LogP contribution in [0.3, 0.4) is 0 Å². The number of benzene rings is 9. The first-order chi connectivity index (χ1) is 28.8. The molecule has 0 aliphatic heterocycles. The van der Waals surface area contributed by atoms with Crippen molar-refractivity contribution in [2.75, 3.05) is 0 Å². The molecule has 0 N–H and O–H groups in total. The highest BCUT2D eigenvalue weighted by Gasteiger charge is 2.45. The summed E-state index contributed by atoms with van der Waals surface area (Å²) in [6, 6.07) is 81.7. The molecule has 0 spiro atoms. The zero-order valence-electron chi connectivity index (χ0n) is 31.9. The van der Waals surface area contributed by atoms with Gasteiger partial charge in [-0.1, -0.05) is 176 Å². The summed E-state index contributed by atoms with van der Waals surface area (Å²) < 4.78 is 5.03. The van der Waals surface area contributed by atoms with E-state index in [1.165, 1.54) is 98.0 Å². The number of fused-ring (bicyclic) bond motifs is 10. The van der Waals surface area contributed by atoms with Gasteiger partial charge in [0.2, 0.25) is 0 Å². The highest BCUT2D eigenvalue weighted by molar-refractivity contribution is 7.20. The summed E-state index contributed by atoms with van der Waals surface area (Å²) >= 11 is 0. The molecule has 9 aromatic carbocycles. The van der Waals surface area contributed by atoms with E-state index in [4.69, 9.17) is 0 Å². The lowest BCUT2D eigenvalue weighted by Crippen LogP contribution is -2.75. The summed E-state index contributed by atoms with van der Waals surface area (Å²) in [6.45, 7) is 0. The summed E-state index contributed by atoms with van der Waals surface area (Å²) in [5.41, 5.74) is 12.8. The van der Waals surface area contributed by atoms with Gasteiger partial charge in [-0.3, -0.25) is 0 Å². The zero-order chi connectivity index (χ0) is 38.2. The Balaban J connectivity index is 1.26. The Labute approximate surface area is 338 Å². The van der Waals surface area contributed by atoms with E-state index in [2.05, 4.69) is 228 Å². The summed E-state index contributed by atoms with van der Waals surface area (Å²) in [4.78, 5) is 0. The molecule has 0 amide bonds. The number of rotatable bonds is 6. The standard InChI is InChI=1S/C55H38N2Si/c1-5-19-38(20-6-1)57-53-32-18-15-29-46(53)47-34-33-43-48-35-39(56-51-30-16-13-27-44(51)45-28-14-17-31-52(45)56)36-54(49(48)37-50(43)55(47)57)58(40-21-7-2-8-22-40,41-23-9-3-10-24-41)42-25-11-4-12-26-42/h1-36H,37H2. The van der Waals surface area contributed by atoms with Gasteiger partial charge in [-0.25, -0.2) is 0 Å². The van der Waals surface area contributed by atoms with Crippen LogP contribution >= 0.6 is 0 Å². The molecule has 0 radical (unpaired) electrons. The second kappa shape index (κ2) is 12.9. The van der Waals surface area contributed by atoms with Gasteiger partial charge in [0, 0.05) is 39.3 Å². The Hall–Kier alpha value is -7.20. The molecule has 1 aliphatic carbocycles. The van der Waals surface area contributed by atoms with Gasteiger partial charge in [0.1, 0.15) is 0 Å². The summed E-state index contributed by atoms with van der Waals surface area (Å²) in [5, 5.41) is 10.7. The maximum Gasteiger partial charge on any atom is 0.180 e. The SMILES string of the molecule is c1ccc(-n2c3ccccc3c3ccc4c(c32)Cc2c-4cc(-n3c4ccccc4c4ccccc43)cc2[Si](c2ccccc2)(c2ccccc2)c2ccccc2)cc1. The van der Waals surface area contributed by atoms with Crippen molar-refractivity contribution in [3.05, 3.63) is 230 Å². The van der Waals surface area contributed by atoms with Crippen LogP contribution in [0.2, 0.25) is 0 Å². The Morgan fingerprint density at radius 1 is 0.328 bits per heavy atom. The van der Waals surface area contributed by atoms with Gasteiger partial charge in [0.05, 0.1) is 22.1 Å². The first-order valence-corrected chi connectivity index (χ1v) is 22.2. The lowest BCUT2D eigenvalue weighted by molar-refractivity contribution is 1.15. The molecule has 272 valence electrons. The molecule has 2 aromatic heterocycles. The van der Waals surface area contributed by atoms with Crippen molar-refractivity contribution in [3.63, 3.8) is 0 Å². The van der Waals surface area contributed by atoms with Crippen LogP contribution < -0.4 is 20.7 Å². The fourth-order valence-corrected chi connectivity index (χ4v) is 15.4. The number of hydrogen-bond donors (Lipinski definition) is 0. The van der Waals surface area contributed by atoms with Crippen LogP contribution in [0.1, 0.15) is 11.1 Å². The molecule has 2 heterocycles. The minimum Gasteiger partial charge on any atom is -0.309 e. The number of aromatic nitrogens is 2. The lowest BCUT2D eigenvalue weighted by Gasteiger charge is -2.36. The smallest absolute Gasteiger partial charge is 0.180 e. The molecule has 0 atom stereocenters. The summed E-state index contributed by atoms with van der Waals surface area (Å²) in [5.74, 6) is 0. The third-order valence-electron chi connectivity index (χ3n) is 12.7. The average Bonchev–Trinajstić information content (AvgIpc) is 3.96. The van der Waals surface area contributed by atoms with Crippen molar-refractivity contribution in [3.8, 4) is 22.5 Å². The van der Waals surface area contributed by atoms with Crippen molar-refractivity contribution in [2.45, 2.75) is 6.42 Å². The fourth-order valence-electron chi connectivity index (χ4n) is 10.4. The number of para-hydroxylation sites is 4. The molecule has 0 bridgehead atoms. The van der Waals surface area contributed by atoms with Crippen LogP contribution in [0.15, 0.2) is 218 Å². The van der Waals surface area contributed by atoms with Crippen molar-refractivity contribution in [2.24, 2.45) is 0 Å². The first-order valence-electron chi connectivity index (χ1n) is 20.2. The molecule has 3 heteroatoms. The minimum absolute atomic E-state index is 0.842. The Morgan fingerprint density at radius 2 is 0.776 bits per heavy atom. The monoisotopic (exact) mass is 754 g/mol. The third-order valence-corrected chi connectivity index (χ3v) is 17.5. The average molecular weight is 755 g/mol. The molecule has 0 saturated carbocycles. The van der Waals surface area contributed by atoms with E-state index in [1.54, 1.807) is 0 Å². The molecule has 2 nitrogen and oxygen atoms in total. The highest BCUT2D eigenvalue weighted by atomic mass is 28.3. The second-order valence-electron chi connectivity index (χ2n) is 15.6. The lowest BCUT2D eigenvalue weighted by atomic mass is 10.0. The Morgan fingerprint density at radius 3 is 1.31 bits per heavy atom. The van der Waals surface area contributed by atoms with Crippen LogP contribution in [0.25, 0.3) is 66.1 Å². The molecule has 0 fully saturated rings. The third kappa shape index (κ3) is 4.65. The van der Waals surface area contributed by atoms with Crippen LogP contribution in [0.4, 0.5) is 0 Å². The molecule has 1 aliphatic rings. The van der Waals surface area contributed by atoms with Crippen molar-refractivity contribution in [1.82, 2.24) is 9.13 Å². The van der Waals surface area contributed by atoms with Crippen molar-refractivity contribution < 1.29 is 0 Å². The van der Waals surface area contributed by atoms with Crippen LogP contribution in [0, 0.1) is 0 Å². The molecule has 12 rings (SSSR count). The topological polar surface area (TPSA) is 9.86 Å². The summed E-state index contributed by atoms with van der Waals surface area (Å²) in [7, 11) is -2.97. The van der Waals surface area contributed by atoms with Gasteiger partial charge < -0.3 is 9.13 Å². The predicted molar refractivity (Wildman–Crippen MR) is 247 cm³/mol.